The van der Waals surface area contributed by atoms with Gasteiger partial charge in [0.25, 0.3) is 0 Å². The number of rotatable bonds is 5. The molecule has 0 spiro atoms. The van der Waals surface area contributed by atoms with E-state index >= 15 is 0 Å². The Kier molecular flexibility index (Phi) is 5.21. The standard InChI is InChI=1S/C21H25F3N2O/c1-4-5-6-14-7-8-16-12-17(10-9-15(16)11-14)19(21(22,23)24)26-20(2,3)13-18(27)25-26/h7-12,19H,4-6,13H2,1-3H3,(H,25,27)/t19-/m0/s1. The van der Waals surface area contributed by atoms with Crippen LogP contribution in [0.15, 0.2) is 36.4 Å². The number of amides is 1. The molecule has 3 nitrogen and oxygen atoms in total. The van der Waals surface area contributed by atoms with E-state index in [1.54, 1.807) is 26.0 Å². The van der Waals surface area contributed by atoms with Crippen LogP contribution in [0.2, 0.25) is 0 Å². The van der Waals surface area contributed by atoms with Crippen molar-refractivity contribution in [2.45, 2.75) is 64.2 Å². The van der Waals surface area contributed by atoms with Crippen LogP contribution < -0.4 is 5.43 Å². The lowest BCUT2D eigenvalue weighted by atomic mass is 9.95. The average molecular weight is 378 g/mol. The van der Waals surface area contributed by atoms with Crippen LogP contribution in [-0.4, -0.2) is 22.6 Å². The zero-order valence-electron chi connectivity index (χ0n) is 15.9. The van der Waals surface area contributed by atoms with Crippen molar-refractivity contribution in [3.63, 3.8) is 0 Å². The van der Waals surface area contributed by atoms with Crippen molar-refractivity contribution in [2.24, 2.45) is 0 Å². The minimum atomic E-state index is -4.51. The van der Waals surface area contributed by atoms with E-state index in [4.69, 9.17) is 0 Å². The number of hydrogen-bond donors (Lipinski definition) is 1. The fraction of sp³-hybridized carbons (Fsp3) is 0.476. The van der Waals surface area contributed by atoms with Crippen LogP contribution >= 0.6 is 0 Å². The summed E-state index contributed by atoms with van der Waals surface area (Å²) in [6.07, 6.45) is -1.32. The second-order valence-electron chi connectivity index (χ2n) is 7.88. The molecule has 1 atom stereocenters. The first-order valence-electron chi connectivity index (χ1n) is 9.30. The average Bonchev–Trinajstić information content (AvgIpc) is 2.83. The summed E-state index contributed by atoms with van der Waals surface area (Å²) in [4.78, 5) is 11.7. The molecule has 1 heterocycles. The van der Waals surface area contributed by atoms with Crippen LogP contribution in [0.5, 0.6) is 0 Å². The van der Waals surface area contributed by atoms with Crippen LogP contribution in [0.1, 0.15) is 57.2 Å². The number of alkyl halides is 3. The predicted octanol–water partition coefficient (Wildman–Crippen LogP) is 5.30. The number of hydrazine groups is 1. The number of aryl methyl sites for hydroxylation is 1. The fourth-order valence-electron chi connectivity index (χ4n) is 3.72. The van der Waals surface area contributed by atoms with E-state index in [1.807, 2.05) is 18.2 Å². The van der Waals surface area contributed by atoms with E-state index in [9.17, 15) is 18.0 Å². The topological polar surface area (TPSA) is 32.3 Å². The Morgan fingerprint density at radius 1 is 1.15 bits per heavy atom. The van der Waals surface area contributed by atoms with Crippen molar-refractivity contribution >= 4 is 16.7 Å². The molecule has 1 fully saturated rings. The Hall–Kier alpha value is -2.08. The van der Waals surface area contributed by atoms with E-state index in [0.29, 0.717) is 0 Å². The highest BCUT2D eigenvalue weighted by molar-refractivity contribution is 5.84. The molecule has 2 aromatic carbocycles. The van der Waals surface area contributed by atoms with Crippen LogP contribution in [0.4, 0.5) is 13.2 Å². The Labute approximate surface area is 157 Å². The number of benzene rings is 2. The highest BCUT2D eigenvalue weighted by Crippen LogP contribution is 2.43. The van der Waals surface area contributed by atoms with Gasteiger partial charge in [0, 0.05) is 12.0 Å². The number of carbonyl (C=O) groups excluding carboxylic acids is 1. The zero-order valence-corrected chi connectivity index (χ0v) is 15.9. The summed E-state index contributed by atoms with van der Waals surface area (Å²) in [5.74, 6) is -0.393. The van der Waals surface area contributed by atoms with Crippen molar-refractivity contribution in [2.75, 3.05) is 0 Å². The number of halogens is 3. The Morgan fingerprint density at radius 3 is 2.41 bits per heavy atom. The lowest BCUT2D eigenvalue weighted by Crippen LogP contribution is -2.51. The molecule has 0 saturated carbocycles. The maximum absolute atomic E-state index is 13.9. The molecule has 27 heavy (non-hydrogen) atoms. The highest BCUT2D eigenvalue weighted by Gasteiger charge is 2.52. The molecule has 0 radical (unpaired) electrons. The fourth-order valence-corrected chi connectivity index (χ4v) is 3.72. The van der Waals surface area contributed by atoms with Gasteiger partial charge in [-0.3, -0.25) is 10.2 Å². The Balaban J connectivity index is 2.00. The van der Waals surface area contributed by atoms with Gasteiger partial charge in [-0.25, -0.2) is 0 Å². The molecule has 0 aliphatic carbocycles. The number of hydrogen-bond acceptors (Lipinski definition) is 2. The van der Waals surface area contributed by atoms with Gasteiger partial charge >= 0.3 is 6.18 Å². The molecule has 0 unspecified atom stereocenters. The van der Waals surface area contributed by atoms with E-state index in [0.717, 1.165) is 35.0 Å². The van der Waals surface area contributed by atoms with Gasteiger partial charge in [-0.05, 0) is 54.7 Å². The van der Waals surface area contributed by atoms with Crippen LogP contribution in [-0.2, 0) is 11.2 Å². The minimum Gasteiger partial charge on any atom is -0.287 e. The van der Waals surface area contributed by atoms with Gasteiger partial charge in [0.1, 0.15) is 0 Å². The molecule has 1 amide bonds. The lowest BCUT2D eigenvalue weighted by molar-refractivity contribution is -0.203. The molecule has 1 aliphatic heterocycles. The third-order valence-corrected chi connectivity index (χ3v) is 5.12. The summed E-state index contributed by atoms with van der Waals surface area (Å²) < 4.78 is 41.8. The summed E-state index contributed by atoms with van der Waals surface area (Å²) in [7, 11) is 0. The quantitative estimate of drug-likeness (QED) is 0.766. The van der Waals surface area contributed by atoms with Crippen LogP contribution in [0.25, 0.3) is 10.8 Å². The molecule has 3 rings (SSSR count). The molecular weight excluding hydrogens is 353 g/mol. The molecule has 1 aliphatic rings. The lowest BCUT2D eigenvalue weighted by Gasteiger charge is -2.38. The maximum Gasteiger partial charge on any atom is 0.409 e. The normalized spacial score (nSPS) is 18.7. The molecular formula is C21H25F3N2O. The summed E-state index contributed by atoms with van der Waals surface area (Å²) in [5.41, 5.74) is 2.81. The van der Waals surface area contributed by atoms with Gasteiger partial charge in [-0.2, -0.15) is 18.2 Å². The van der Waals surface area contributed by atoms with E-state index in [-0.39, 0.29) is 12.0 Å². The number of unbranched alkanes of at least 4 members (excludes halogenated alkanes) is 1. The SMILES string of the molecule is CCCCc1ccc2cc([C@H](N3NC(=O)CC3(C)C)C(F)(F)F)ccc2c1. The summed E-state index contributed by atoms with van der Waals surface area (Å²) in [6, 6.07) is 8.85. The summed E-state index contributed by atoms with van der Waals surface area (Å²) in [5, 5.41) is 2.75. The van der Waals surface area contributed by atoms with E-state index in [1.165, 1.54) is 11.6 Å². The Morgan fingerprint density at radius 2 is 1.81 bits per heavy atom. The smallest absolute Gasteiger partial charge is 0.287 e. The second kappa shape index (κ2) is 7.15. The van der Waals surface area contributed by atoms with Crippen molar-refractivity contribution in [3.8, 4) is 0 Å². The molecule has 1 saturated heterocycles. The third-order valence-electron chi connectivity index (χ3n) is 5.12. The first kappa shape index (κ1) is 19.7. The first-order chi connectivity index (χ1) is 12.6. The van der Waals surface area contributed by atoms with Crippen molar-refractivity contribution in [1.82, 2.24) is 10.4 Å². The van der Waals surface area contributed by atoms with E-state index < -0.39 is 23.7 Å². The zero-order chi connectivity index (χ0) is 19.8. The maximum atomic E-state index is 13.9. The van der Waals surface area contributed by atoms with Crippen molar-refractivity contribution in [1.29, 1.82) is 0 Å². The van der Waals surface area contributed by atoms with Gasteiger partial charge in [-0.15, -0.1) is 0 Å². The molecule has 6 heteroatoms. The third kappa shape index (κ3) is 4.10. The molecule has 2 aromatic rings. The van der Waals surface area contributed by atoms with Crippen LogP contribution in [0.3, 0.4) is 0 Å². The van der Waals surface area contributed by atoms with Gasteiger partial charge in [-0.1, -0.05) is 43.7 Å². The van der Waals surface area contributed by atoms with Gasteiger partial charge in [0.2, 0.25) is 5.91 Å². The monoisotopic (exact) mass is 378 g/mol. The first-order valence-corrected chi connectivity index (χ1v) is 9.30. The van der Waals surface area contributed by atoms with Crippen molar-refractivity contribution in [3.05, 3.63) is 47.5 Å². The molecule has 0 bridgehead atoms. The van der Waals surface area contributed by atoms with Gasteiger partial charge in [0.05, 0.1) is 0 Å². The van der Waals surface area contributed by atoms with Crippen LogP contribution in [0, 0.1) is 0 Å². The Bertz CT molecular complexity index is 845. The summed E-state index contributed by atoms with van der Waals surface area (Å²) in [6.45, 7) is 5.42. The number of fused-ring (bicyclic) bond motifs is 1. The number of nitrogens with one attached hydrogen (secondary N) is 1. The largest absolute Gasteiger partial charge is 0.409 e. The molecule has 1 N–H and O–H groups in total. The minimum absolute atomic E-state index is 0.0357. The van der Waals surface area contributed by atoms with Gasteiger partial charge < -0.3 is 0 Å². The number of nitrogens with zero attached hydrogens (tertiary/aromatic N) is 1. The van der Waals surface area contributed by atoms with Gasteiger partial charge in [0.15, 0.2) is 6.04 Å². The second-order valence-corrected chi connectivity index (χ2v) is 7.88. The molecule has 0 aromatic heterocycles. The predicted molar refractivity (Wildman–Crippen MR) is 100 cm³/mol. The van der Waals surface area contributed by atoms with Crippen molar-refractivity contribution < 1.29 is 18.0 Å². The highest BCUT2D eigenvalue weighted by atomic mass is 19.4. The number of carbonyl (C=O) groups is 1. The van der Waals surface area contributed by atoms with E-state index in [2.05, 4.69) is 12.3 Å². The molecule has 146 valence electrons. The summed E-state index contributed by atoms with van der Waals surface area (Å²) >= 11 is 0.